The lowest BCUT2D eigenvalue weighted by Crippen LogP contribution is -1.88. The van der Waals surface area contributed by atoms with Gasteiger partial charge in [-0.3, -0.25) is 4.98 Å². The van der Waals surface area contributed by atoms with Crippen LogP contribution in [0.1, 0.15) is 17.0 Å². The van der Waals surface area contributed by atoms with Crippen molar-refractivity contribution < 1.29 is 4.39 Å². The summed E-state index contributed by atoms with van der Waals surface area (Å²) in [6.07, 6.45) is 7.11. The number of hydrogen-bond donors (Lipinski definition) is 0. The molecule has 0 saturated heterocycles. The highest BCUT2D eigenvalue weighted by molar-refractivity contribution is 7.13. The standard InChI is InChI=1S/C16H12FN3S/c1-11-10-21-16(19-11)15-9-18-8-14(20-15)7-4-12-2-5-13(17)6-3-12/h2-10H,1H3/b7-4+. The van der Waals surface area contributed by atoms with E-state index in [2.05, 4.69) is 15.0 Å². The first-order valence-electron chi connectivity index (χ1n) is 6.39. The average Bonchev–Trinajstić information content (AvgIpc) is 2.94. The normalized spacial score (nSPS) is 11.1. The van der Waals surface area contributed by atoms with Crippen LogP contribution in [-0.2, 0) is 0 Å². The van der Waals surface area contributed by atoms with Gasteiger partial charge in [0, 0.05) is 11.1 Å². The maximum absolute atomic E-state index is 12.8. The zero-order chi connectivity index (χ0) is 14.7. The van der Waals surface area contributed by atoms with Crippen LogP contribution in [0, 0.1) is 12.7 Å². The lowest BCUT2D eigenvalue weighted by molar-refractivity contribution is 0.628. The van der Waals surface area contributed by atoms with E-state index in [0.29, 0.717) is 0 Å². The molecule has 0 spiro atoms. The van der Waals surface area contributed by atoms with Crippen molar-refractivity contribution in [3.63, 3.8) is 0 Å². The van der Waals surface area contributed by atoms with Crippen molar-refractivity contribution in [1.29, 1.82) is 0 Å². The number of thiazole rings is 1. The number of halogens is 1. The third kappa shape index (κ3) is 3.38. The van der Waals surface area contributed by atoms with E-state index in [9.17, 15) is 4.39 Å². The van der Waals surface area contributed by atoms with Crippen LogP contribution in [-0.4, -0.2) is 15.0 Å². The summed E-state index contributed by atoms with van der Waals surface area (Å²) in [5, 5.41) is 2.84. The second-order valence-electron chi connectivity index (χ2n) is 4.51. The number of aromatic nitrogens is 3. The molecule has 0 N–H and O–H groups in total. The summed E-state index contributed by atoms with van der Waals surface area (Å²) in [5.41, 5.74) is 3.39. The molecule has 0 fully saturated rings. The molecule has 2 heterocycles. The molecule has 0 bridgehead atoms. The monoisotopic (exact) mass is 297 g/mol. The minimum atomic E-state index is -0.243. The van der Waals surface area contributed by atoms with Crippen LogP contribution in [0.5, 0.6) is 0 Å². The van der Waals surface area contributed by atoms with Crippen LogP contribution in [0.4, 0.5) is 4.39 Å². The van der Waals surface area contributed by atoms with Gasteiger partial charge in [0.15, 0.2) is 0 Å². The summed E-state index contributed by atoms with van der Waals surface area (Å²) in [4.78, 5) is 13.1. The van der Waals surface area contributed by atoms with Crippen LogP contribution >= 0.6 is 11.3 Å². The summed E-state index contributed by atoms with van der Waals surface area (Å²) >= 11 is 1.55. The Morgan fingerprint density at radius 1 is 1.05 bits per heavy atom. The van der Waals surface area contributed by atoms with E-state index in [-0.39, 0.29) is 5.82 Å². The molecule has 1 aromatic carbocycles. The minimum Gasteiger partial charge on any atom is -0.260 e. The van der Waals surface area contributed by atoms with E-state index in [0.717, 1.165) is 27.7 Å². The molecular formula is C16H12FN3S. The molecule has 0 atom stereocenters. The van der Waals surface area contributed by atoms with Gasteiger partial charge in [-0.05, 0) is 30.7 Å². The van der Waals surface area contributed by atoms with Crippen LogP contribution in [0.25, 0.3) is 22.9 Å². The summed E-state index contributed by atoms with van der Waals surface area (Å²) in [6.45, 7) is 1.95. The number of benzene rings is 1. The second-order valence-corrected chi connectivity index (χ2v) is 5.37. The Bertz CT molecular complexity index is 778. The Labute approximate surface area is 125 Å². The molecule has 0 aliphatic heterocycles. The highest BCUT2D eigenvalue weighted by Gasteiger charge is 2.04. The fourth-order valence-corrected chi connectivity index (χ4v) is 2.54. The number of aryl methyl sites for hydroxylation is 1. The number of nitrogens with zero attached hydrogens (tertiary/aromatic N) is 3. The Balaban J connectivity index is 1.84. The van der Waals surface area contributed by atoms with Crippen LogP contribution in [0.15, 0.2) is 42.0 Å². The average molecular weight is 297 g/mol. The zero-order valence-corrected chi connectivity index (χ0v) is 12.1. The SMILES string of the molecule is Cc1csc(-c2cncc(/C=C/c3ccc(F)cc3)n2)n1. The van der Waals surface area contributed by atoms with Gasteiger partial charge in [0.2, 0.25) is 0 Å². The quantitative estimate of drug-likeness (QED) is 0.726. The second kappa shape index (κ2) is 5.93. The highest BCUT2D eigenvalue weighted by atomic mass is 32.1. The van der Waals surface area contributed by atoms with E-state index >= 15 is 0 Å². The summed E-state index contributed by atoms with van der Waals surface area (Å²) in [5.74, 6) is -0.243. The molecule has 0 radical (unpaired) electrons. The first-order chi connectivity index (χ1) is 10.2. The Morgan fingerprint density at radius 2 is 1.86 bits per heavy atom. The Kier molecular flexibility index (Phi) is 3.83. The molecule has 0 amide bonds. The van der Waals surface area contributed by atoms with Gasteiger partial charge in [-0.25, -0.2) is 14.4 Å². The van der Waals surface area contributed by atoms with E-state index in [1.54, 1.807) is 35.9 Å². The smallest absolute Gasteiger partial charge is 0.143 e. The number of hydrogen-bond acceptors (Lipinski definition) is 4. The van der Waals surface area contributed by atoms with Crippen LogP contribution in [0.2, 0.25) is 0 Å². The Hall–Kier alpha value is -2.40. The first kappa shape index (κ1) is 13.6. The predicted octanol–water partition coefficient (Wildman–Crippen LogP) is 4.22. The fourth-order valence-electron chi connectivity index (χ4n) is 1.79. The largest absolute Gasteiger partial charge is 0.260 e. The third-order valence-electron chi connectivity index (χ3n) is 2.81. The van der Waals surface area contributed by atoms with Gasteiger partial charge in [0.05, 0.1) is 18.1 Å². The van der Waals surface area contributed by atoms with Crippen molar-refractivity contribution in [3.05, 3.63) is 64.8 Å². The summed E-state index contributed by atoms with van der Waals surface area (Å²) in [6, 6.07) is 6.29. The highest BCUT2D eigenvalue weighted by Crippen LogP contribution is 2.21. The molecule has 0 saturated carbocycles. The number of rotatable bonds is 3. The van der Waals surface area contributed by atoms with Crippen LogP contribution < -0.4 is 0 Å². The van der Waals surface area contributed by atoms with Crippen molar-refractivity contribution in [2.24, 2.45) is 0 Å². The molecule has 3 aromatic rings. The van der Waals surface area contributed by atoms with E-state index in [4.69, 9.17) is 0 Å². The Morgan fingerprint density at radius 3 is 2.57 bits per heavy atom. The van der Waals surface area contributed by atoms with Gasteiger partial charge in [0.25, 0.3) is 0 Å². The molecular weight excluding hydrogens is 285 g/mol. The van der Waals surface area contributed by atoms with Gasteiger partial charge in [-0.15, -0.1) is 11.3 Å². The van der Waals surface area contributed by atoms with Crippen molar-refractivity contribution in [2.75, 3.05) is 0 Å². The van der Waals surface area contributed by atoms with Gasteiger partial charge < -0.3 is 0 Å². The first-order valence-corrected chi connectivity index (χ1v) is 7.27. The van der Waals surface area contributed by atoms with Gasteiger partial charge in [0.1, 0.15) is 16.5 Å². The summed E-state index contributed by atoms with van der Waals surface area (Å²) < 4.78 is 12.8. The molecule has 3 nitrogen and oxygen atoms in total. The van der Waals surface area contributed by atoms with Crippen molar-refractivity contribution in [1.82, 2.24) is 15.0 Å². The lowest BCUT2D eigenvalue weighted by Gasteiger charge is -1.97. The molecule has 21 heavy (non-hydrogen) atoms. The third-order valence-corrected chi connectivity index (χ3v) is 3.79. The molecule has 0 aliphatic rings. The summed E-state index contributed by atoms with van der Waals surface area (Å²) in [7, 11) is 0. The molecule has 0 unspecified atom stereocenters. The van der Waals surface area contributed by atoms with E-state index in [1.807, 2.05) is 24.5 Å². The maximum atomic E-state index is 12.8. The van der Waals surface area contributed by atoms with Crippen LogP contribution in [0.3, 0.4) is 0 Å². The van der Waals surface area contributed by atoms with Crippen molar-refractivity contribution >= 4 is 23.5 Å². The van der Waals surface area contributed by atoms with E-state index < -0.39 is 0 Å². The zero-order valence-electron chi connectivity index (χ0n) is 11.3. The molecule has 5 heteroatoms. The molecule has 104 valence electrons. The van der Waals surface area contributed by atoms with Gasteiger partial charge >= 0.3 is 0 Å². The van der Waals surface area contributed by atoms with Gasteiger partial charge in [-0.1, -0.05) is 18.2 Å². The predicted molar refractivity (Wildman–Crippen MR) is 83.2 cm³/mol. The van der Waals surface area contributed by atoms with Gasteiger partial charge in [-0.2, -0.15) is 0 Å². The maximum Gasteiger partial charge on any atom is 0.143 e. The molecule has 3 rings (SSSR count). The topological polar surface area (TPSA) is 38.7 Å². The molecule has 2 aromatic heterocycles. The van der Waals surface area contributed by atoms with Crippen molar-refractivity contribution in [3.8, 4) is 10.7 Å². The molecule has 0 aliphatic carbocycles. The van der Waals surface area contributed by atoms with E-state index in [1.165, 1.54) is 12.1 Å². The minimum absolute atomic E-state index is 0.243. The van der Waals surface area contributed by atoms with Crippen molar-refractivity contribution in [2.45, 2.75) is 6.92 Å². The lowest BCUT2D eigenvalue weighted by atomic mass is 10.2. The fraction of sp³-hybridized carbons (Fsp3) is 0.0625.